The molecule has 0 aliphatic heterocycles. The van der Waals surface area contributed by atoms with Crippen LogP contribution in [0.3, 0.4) is 0 Å². The standard InChI is InChI=1S/C19H22BrNO3S/c1-5-14-9-13(3)18(10-12(14)2)24-11-15-16(20)7-6-8-17(15)21(23)19(22)25-4/h6-10,23H,5,11H2,1-4H3. The maximum atomic E-state index is 11.8. The van der Waals surface area contributed by atoms with Crippen molar-refractivity contribution in [3.8, 4) is 5.75 Å². The van der Waals surface area contributed by atoms with E-state index >= 15 is 0 Å². The molecule has 0 aromatic heterocycles. The van der Waals surface area contributed by atoms with E-state index in [0.29, 0.717) is 16.3 Å². The van der Waals surface area contributed by atoms with Crippen LogP contribution >= 0.6 is 27.7 Å². The lowest BCUT2D eigenvalue weighted by atomic mass is 10.0. The van der Waals surface area contributed by atoms with Crippen LogP contribution in [0.1, 0.15) is 29.2 Å². The predicted octanol–water partition coefficient (Wildman–Crippen LogP) is 5.89. The van der Waals surface area contributed by atoms with Crippen LogP contribution in [0.2, 0.25) is 0 Å². The number of halogens is 1. The van der Waals surface area contributed by atoms with Gasteiger partial charge in [0.25, 0.3) is 0 Å². The van der Waals surface area contributed by atoms with Gasteiger partial charge in [-0.1, -0.05) is 46.7 Å². The molecule has 0 bridgehead atoms. The number of hydrogen-bond acceptors (Lipinski definition) is 4. The highest BCUT2D eigenvalue weighted by Gasteiger charge is 2.18. The third-order valence-electron chi connectivity index (χ3n) is 4.06. The number of amides is 1. The van der Waals surface area contributed by atoms with Crippen LogP contribution in [0.5, 0.6) is 5.75 Å². The number of hydrogen-bond donors (Lipinski definition) is 1. The smallest absolute Gasteiger partial charge is 0.309 e. The van der Waals surface area contributed by atoms with Crippen molar-refractivity contribution in [2.45, 2.75) is 33.8 Å². The zero-order valence-electron chi connectivity index (χ0n) is 14.8. The molecule has 0 radical (unpaired) electrons. The van der Waals surface area contributed by atoms with Gasteiger partial charge >= 0.3 is 5.24 Å². The number of thioether (sulfide) groups is 1. The van der Waals surface area contributed by atoms with Crippen LogP contribution in [0.25, 0.3) is 0 Å². The molecule has 0 unspecified atom stereocenters. The monoisotopic (exact) mass is 423 g/mol. The summed E-state index contributed by atoms with van der Waals surface area (Å²) < 4.78 is 6.78. The fraction of sp³-hybridized carbons (Fsp3) is 0.316. The van der Waals surface area contributed by atoms with Crippen molar-refractivity contribution in [2.75, 3.05) is 11.3 Å². The Bertz CT molecular complexity index is 780. The van der Waals surface area contributed by atoms with E-state index in [1.54, 1.807) is 18.4 Å². The van der Waals surface area contributed by atoms with Gasteiger partial charge in [-0.3, -0.25) is 10.0 Å². The summed E-state index contributed by atoms with van der Waals surface area (Å²) in [7, 11) is 0. The van der Waals surface area contributed by atoms with Gasteiger partial charge in [-0.15, -0.1) is 0 Å². The molecule has 2 rings (SSSR count). The third-order valence-corrected chi connectivity index (χ3v) is 5.32. The second-order valence-electron chi connectivity index (χ2n) is 5.71. The van der Waals surface area contributed by atoms with Crippen LogP contribution in [-0.2, 0) is 13.0 Å². The minimum absolute atomic E-state index is 0.237. The number of hydroxylamine groups is 1. The summed E-state index contributed by atoms with van der Waals surface area (Å²) in [5, 5.41) is 10.4. The fourth-order valence-electron chi connectivity index (χ4n) is 2.61. The number of rotatable bonds is 5. The maximum Gasteiger partial charge on any atom is 0.309 e. The highest BCUT2D eigenvalue weighted by atomic mass is 79.9. The lowest BCUT2D eigenvalue weighted by Crippen LogP contribution is -2.24. The summed E-state index contributed by atoms with van der Waals surface area (Å²) in [5.41, 5.74) is 4.68. The molecule has 0 atom stereocenters. The largest absolute Gasteiger partial charge is 0.489 e. The Morgan fingerprint density at radius 3 is 2.64 bits per heavy atom. The van der Waals surface area contributed by atoms with Crippen molar-refractivity contribution >= 4 is 38.6 Å². The molecule has 0 heterocycles. The lowest BCUT2D eigenvalue weighted by molar-refractivity contribution is 0.223. The van der Waals surface area contributed by atoms with Crippen molar-refractivity contribution in [1.82, 2.24) is 0 Å². The molecule has 0 aliphatic carbocycles. The van der Waals surface area contributed by atoms with Crippen LogP contribution in [0, 0.1) is 13.8 Å². The number of aryl methyl sites for hydroxylation is 3. The first-order valence-corrected chi connectivity index (χ1v) is 9.98. The minimum atomic E-state index is -0.446. The van der Waals surface area contributed by atoms with Gasteiger partial charge in [0.1, 0.15) is 12.4 Å². The molecule has 25 heavy (non-hydrogen) atoms. The molecule has 0 aliphatic rings. The quantitative estimate of drug-likeness (QED) is 0.481. The summed E-state index contributed by atoms with van der Waals surface area (Å²) in [6.07, 6.45) is 2.61. The number of nitrogens with zero attached hydrogens (tertiary/aromatic N) is 1. The predicted molar refractivity (Wildman–Crippen MR) is 107 cm³/mol. The van der Waals surface area contributed by atoms with Gasteiger partial charge in [0.05, 0.1) is 5.69 Å². The van der Waals surface area contributed by atoms with E-state index in [1.165, 1.54) is 11.1 Å². The third kappa shape index (κ3) is 4.57. The van der Waals surface area contributed by atoms with E-state index in [-0.39, 0.29) is 6.61 Å². The van der Waals surface area contributed by atoms with E-state index in [1.807, 2.05) is 19.1 Å². The van der Waals surface area contributed by atoms with Crippen LogP contribution in [0.15, 0.2) is 34.8 Å². The summed E-state index contributed by atoms with van der Waals surface area (Å²) in [5.74, 6) is 0.803. The zero-order chi connectivity index (χ0) is 18.6. The summed E-state index contributed by atoms with van der Waals surface area (Å²) in [4.78, 5) is 11.8. The van der Waals surface area contributed by atoms with Gasteiger partial charge in [-0.05, 0) is 61.4 Å². The van der Waals surface area contributed by atoms with Gasteiger partial charge in [-0.2, -0.15) is 5.06 Å². The molecule has 2 aromatic rings. The SMILES string of the molecule is CCc1cc(C)c(OCc2c(Br)cccc2N(O)C(=O)SC)cc1C. The molecular weight excluding hydrogens is 402 g/mol. The second-order valence-corrected chi connectivity index (χ2v) is 7.32. The Morgan fingerprint density at radius 1 is 1.28 bits per heavy atom. The van der Waals surface area contributed by atoms with Gasteiger partial charge < -0.3 is 4.74 Å². The molecule has 0 fully saturated rings. The summed E-state index contributed by atoms with van der Waals surface area (Å²) in [6.45, 7) is 6.46. The molecule has 134 valence electrons. The van der Waals surface area contributed by atoms with Crippen molar-refractivity contribution in [3.05, 3.63) is 57.1 Å². The number of ether oxygens (including phenoxy) is 1. The van der Waals surface area contributed by atoms with E-state index in [0.717, 1.165) is 34.0 Å². The van der Waals surface area contributed by atoms with Crippen molar-refractivity contribution in [3.63, 3.8) is 0 Å². The molecular formula is C19H22BrNO3S. The lowest BCUT2D eigenvalue weighted by Gasteiger charge is -2.20. The molecule has 0 spiro atoms. The number of anilines is 1. The number of benzene rings is 2. The highest BCUT2D eigenvalue weighted by Crippen LogP contribution is 2.31. The zero-order valence-corrected chi connectivity index (χ0v) is 17.2. The Kier molecular flexibility index (Phi) is 6.93. The van der Waals surface area contributed by atoms with Gasteiger partial charge in [0, 0.05) is 10.0 Å². The Balaban J connectivity index is 2.30. The Morgan fingerprint density at radius 2 is 2.00 bits per heavy atom. The van der Waals surface area contributed by atoms with E-state index < -0.39 is 5.24 Å². The molecule has 0 saturated carbocycles. The van der Waals surface area contributed by atoms with Crippen molar-refractivity contribution in [2.24, 2.45) is 0 Å². The van der Waals surface area contributed by atoms with E-state index in [2.05, 4.69) is 35.8 Å². The number of carbonyl (C=O) groups excluding carboxylic acids is 1. The summed E-state index contributed by atoms with van der Waals surface area (Å²) in [6, 6.07) is 9.49. The van der Waals surface area contributed by atoms with Crippen LogP contribution in [-0.4, -0.2) is 16.7 Å². The number of carbonyl (C=O) groups is 1. The van der Waals surface area contributed by atoms with E-state index in [9.17, 15) is 10.0 Å². The Labute approximate surface area is 161 Å². The Hall–Kier alpha value is -1.50. The molecule has 1 amide bonds. The summed E-state index contributed by atoms with van der Waals surface area (Å²) >= 11 is 4.43. The van der Waals surface area contributed by atoms with Gasteiger partial charge in [-0.25, -0.2) is 0 Å². The normalized spacial score (nSPS) is 10.6. The molecule has 4 nitrogen and oxygen atoms in total. The maximum absolute atomic E-state index is 11.8. The second kappa shape index (κ2) is 8.74. The van der Waals surface area contributed by atoms with E-state index in [4.69, 9.17) is 4.74 Å². The van der Waals surface area contributed by atoms with Gasteiger partial charge in [0.2, 0.25) is 0 Å². The fourth-order valence-corrected chi connectivity index (χ4v) is 3.35. The topological polar surface area (TPSA) is 49.8 Å². The first kappa shape index (κ1) is 19.8. The average molecular weight is 424 g/mol. The van der Waals surface area contributed by atoms with Crippen molar-refractivity contribution in [1.29, 1.82) is 0 Å². The molecule has 6 heteroatoms. The van der Waals surface area contributed by atoms with Crippen LogP contribution in [0.4, 0.5) is 10.5 Å². The average Bonchev–Trinajstić information content (AvgIpc) is 2.61. The molecule has 0 saturated heterocycles. The molecule has 2 aromatic carbocycles. The highest BCUT2D eigenvalue weighted by molar-refractivity contribution is 9.10. The minimum Gasteiger partial charge on any atom is -0.489 e. The van der Waals surface area contributed by atoms with Crippen LogP contribution < -0.4 is 9.80 Å². The van der Waals surface area contributed by atoms with Gasteiger partial charge in [0.15, 0.2) is 0 Å². The first-order valence-electron chi connectivity index (χ1n) is 7.96. The van der Waals surface area contributed by atoms with Crippen molar-refractivity contribution < 1.29 is 14.7 Å². The molecule has 1 N–H and O–H groups in total. The first-order chi connectivity index (χ1) is 11.9.